The Labute approximate surface area is 104 Å². The molecule has 1 atom stereocenters. The number of ketones is 1. The number of fused-ring (bicyclic) bond motifs is 1. The summed E-state index contributed by atoms with van der Waals surface area (Å²) in [6, 6.07) is 4.97. The number of hydrogen-bond acceptors (Lipinski definition) is 3. The highest BCUT2D eigenvalue weighted by atomic mass is 35.5. The highest BCUT2D eigenvalue weighted by molar-refractivity contribution is 6.55. The quantitative estimate of drug-likeness (QED) is 0.831. The van der Waals surface area contributed by atoms with E-state index in [4.69, 9.17) is 16.7 Å². The molecule has 1 aliphatic heterocycles. The maximum absolute atomic E-state index is 11.8. The van der Waals surface area contributed by atoms with Crippen molar-refractivity contribution in [1.82, 2.24) is 0 Å². The number of amides is 1. The number of aliphatic hydroxyl groups is 1. The maximum Gasteiger partial charge on any atom is 0.299 e. The largest absolute Gasteiger partial charge is 0.396 e. The van der Waals surface area contributed by atoms with E-state index >= 15 is 0 Å². The van der Waals surface area contributed by atoms with E-state index in [1.165, 1.54) is 4.90 Å². The van der Waals surface area contributed by atoms with Gasteiger partial charge in [-0.2, -0.15) is 0 Å². The smallest absolute Gasteiger partial charge is 0.299 e. The lowest BCUT2D eigenvalue weighted by molar-refractivity contribution is -0.114. The SMILES string of the molecule is CC(CO)CN1C(=O)C(=O)c2c(Cl)cccc21. The molecule has 17 heavy (non-hydrogen) atoms. The first-order valence-electron chi connectivity index (χ1n) is 5.31. The van der Waals surface area contributed by atoms with Gasteiger partial charge in [-0.15, -0.1) is 0 Å². The van der Waals surface area contributed by atoms with Crippen LogP contribution in [0.2, 0.25) is 5.02 Å². The normalized spacial score (nSPS) is 16.3. The second-order valence-corrected chi connectivity index (χ2v) is 4.57. The molecule has 1 aliphatic rings. The summed E-state index contributed by atoms with van der Waals surface area (Å²) in [6.45, 7) is 2.09. The van der Waals surface area contributed by atoms with Gasteiger partial charge in [-0.1, -0.05) is 24.6 Å². The number of Topliss-reactive ketones (excluding diaryl/α,β-unsaturated/α-hetero) is 1. The number of carbonyl (C=O) groups excluding carboxylic acids is 2. The van der Waals surface area contributed by atoms with Gasteiger partial charge in [0.05, 0.1) is 16.3 Å². The van der Waals surface area contributed by atoms with Gasteiger partial charge in [0.15, 0.2) is 0 Å². The number of halogens is 1. The first-order valence-corrected chi connectivity index (χ1v) is 5.69. The molecular formula is C12H12ClNO3. The summed E-state index contributed by atoms with van der Waals surface area (Å²) in [6.07, 6.45) is 0. The van der Waals surface area contributed by atoms with E-state index in [-0.39, 0.29) is 18.1 Å². The van der Waals surface area contributed by atoms with Crippen LogP contribution in [0.15, 0.2) is 18.2 Å². The molecule has 0 saturated heterocycles. The fraction of sp³-hybridized carbons (Fsp3) is 0.333. The monoisotopic (exact) mass is 253 g/mol. The predicted octanol–water partition coefficient (Wildman–Crippen LogP) is 1.50. The highest BCUT2D eigenvalue weighted by Crippen LogP contribution is 2.34. The molecule has 0 radical (unpaired) electrons. The topological polar surface area (TPSA) is 57.6 Å². The molecule has 0 bridgehead atoms. The minimum atomic E-state index is -0.576. The van der Waals surface area contributed by atoms with Crippen LogP contribution in [-0.2, 0) is 4.79 Å². The summed E-state index contributed by atoms with van der Waals surface area (Å²) in [5.74, 6) is -1.24. The molecule has 1 amide bonds. The summed E-state index contributed by atoms with van der Waals surface area (Å²) >= 11 is 5.92. The van der Waals surface area contributed by atoms with Gasteiger partial charge in [0.2, 0.25) is 0 Å². The Morgan fingerprint density at radius 2 is 2.12 bits per heavy atom. The number of carbonyl (C=O) groups is 2. The number of aliphatic hydroxyl groups excluding tert-OH is 1. The standard InChI is InChI=1S/C12H12ClNO3/c1-7(6-15)5-14-9-4-2-3-8(13)10(9)11(16)12(14)17/h2-4,7,15H,5-6H2,1H3. The second kappa shape index (κ2) is 4.47. The molecule has 0 aliphatic carbocycles. The van der Waals surface area contributed by atoms with Gasteiger partial charge in [-0.3, -0.25) is 9.59 Å². The Bertz CT molecular complexity index is 487. The first-order chi connectivity index (χ1) is 8.06. The van der Waals surface area contributed by atoms with Crippen LogP contribution in [0.3, 0.4) is 0 Å². The average Bonchev–Trinajstić information content (AvgIpc) is 2.55. The van der Waals surface area contributed by atoms with Crippen LogP contribution in [0.4, 0.5) is 5.69 Å². The average molecular weight is 254 g/mol. The predicted molar refractivity (Wildman–Crippen MR) is 64.4 cm³/mol. The summed E-state index contributed by atoms with van der Waals surface area (Å²) in [5.41, 5.74) is 0.803. The van der Waals surface area contributed by atoms with Crippen molar-refractivity contribution in [2.24, 2.45) is 5.92 Å². The molecule has 1 heterocycles. The van der Waals surface area contributed by atoms with E-state index < -0.39 is 11.7 Å². The lowest BCUT2D eigenvalue weighted by atomic mass is 10.1. The van der Waals surface area contributed by atoms with E-state index in [9.17, 15) is 9.59 Å². The third-order valence-electron chi connectivity index (χ3n) is 2.75. The molecule has 0 fully saturated rings. The first kappa shape index (κ1) is 12.1. The zero-order chi connectivity index (χ0) is 12.6. The van der Waals surface area contributed by atoms with Crippen LogP contribution >= 0.6 is 11.6 Å². The van der Waals surface area contributed by atoms with Gasteiger partial charge in [0.1, 0.15) is 0 Å². The van der Waals surface area contributed by atoms with Crippen LogP contribution in [0.1, 0.15) is 17.3 Å². The molecule has 1 unspecified atom stereocenters. The van der Waals surface area contributed by atoms with E-state index in [0.717, 1.165) is 0 Å². The minimum absolute atomic E-state index is 0.0339. The molecule has 90 valence electrons. The maximum atomic E-state index is 11.8. The summed E-state index contributed by atoms with van der Waals surface area (Å²) in [5, 5.41) is 9.29. The van der Waals surface area contributed by atoms with Crippen molar-refractivity contribution in [1.29, 1.82) is 0 Å². The molecule has 0 aromatic heterocycles. The molecule has 0 spiro atoms. The molecule has 1 aromatic carbocycles. The molecule has 1 aromatic rings. The Morgan fingerprint density at radius 1 is 1.41 bits per heavy atom. The van der Waals surface area contributed by atoms with Gasteiger partial charge >= 0.3 is 0 Å². The summed E-state index contributed by atoms with van der Waals surface area (Å²) < 4.78 is 0. The molecular weight excluding hydrogens is 242 g/mol. The fourth-order valence-electron chi connectivity index (χ4n) is 1.85. The van der Waals surface area contributed by atoms with Crippen LogP contribution in [0.25, 0.3) is 0 Å². The number of anilines is 1. The molecule has 1 N–H and O–H groups in total. The van der Waals surface area contributed by atoms with Crippen molar-refractivity contribution >= 4 is 29.0 Å². The summed E-state index contributed by atoms with van der Waals surface area (Å²) in [7, 11) is 0. The number of rotatable bonds is 3. The van der Waals surface area contributed by atoms with Crippen LogP contribution in [0.5, 0.6) is 0 Å². The van der Waals surface area contributed by atoms with Crippen molar-refractivity contribution in [3.63, 3.8) is 0 Å². The van der Waals surface area contributed by atoms with Crippen LogP contribution in [-0.4, -0.2) is 29.9 Å². The lowest BCUT2D eigenvalue weighted by Crippen LogP contribution is -2.34. The number of nitrogens with zero attached hydrogens (tertiary/aromatic N) is 1. The van der Waals surface area contributed by atoms with Crippen LogP contribution in [0, 0.1) is 5.92 Å². The number of hydrogen-bond donors (Lipinski definition) is 1. The van der Waals surface area contributed by atoms with Crippen molar-refractivity contribution in [3.05, 3.63) is 28.8 Å². The Hall–Kier alpha value is -1.39. The minimum Gasteiger partial charge on any atom is -0.396 e. The van der Waals surface area contributed by atoms with E-state index in [2.05, 4.69) is 0 Å². The third-order valence-corrected chi connectivity index (χ3v) is 3.07. The molecule has 0 saturated carbocycles. The highest BCUT2D eigenvalue weighted by Gasteiger charge is 2.37. The Kier molecular flexibility index (Phi) is 3.17. The van der Waals surface area contributed by atoms with Gasteiger partial charge in [0.25, 0.3) is 11.7 Å². The summed E-state index contributed by atoms with van der Waals surface area (Å²) in [4.78, 5) is 24.9. The molecule has 4 nitrogen and oxygen atoms in total. The lowest BCUT2D eigenvalue weighted by Gasteiger charge is -2.19. The van der Waals surface area contributed by atoms with Crippen LogP contribution < -0.4 is 4.90 Å². The van der Waals surface area contributed by atoms with Crippen molar-refractivity contribution in [3.8, 4) is 0 Å². The zero-order valence-electron chi connectivity index (χ0n) is 9.31. The van der Waals surface area contributed by atoms with Crippen molar-refractivity contribution in [2.75, 3.05) is 18.1 Å². The second-order valence-electron chi connectivity index (χ2n) is 4.17. The van der Waals surface area contributed by atoms with E-state index in [1.54, 1.807) is 25.1 Å². The van der Waals surface area contributed by atoms with Crippen molar-refractivity contribution < 1.29 is 14.7 Å². The van der Waals surface area contributed by atoms with Gasteiger partial charge in [0, 0.05) is 13.2 Å². The Balaban J connectivity index is 2.42. The number of benzene rings is 1. The van der Waals surface area contributed by atoms with Gasteiger partial charge in [-0.05, 0) is 18.1 Å². The van der Waals surface area contributed by atoms with E-state index in [0.29, 0.717) is 17.3 Å². The molecule has 5 heteroatoms. The third kappa shape index (κ3) is 1.94. The Morgan fingerprint density at radius 3 is 2.76 bits per heavy atom. The van der Waals surface area contributed by atoms with Gasteiger partial charge < -0.3 is 10.0 Å². The fourth-order valence-corrected chi connectivity index (χ4v) is 2.11. The zero-order valence-corrected chi connectivity index (χ0v) is 10.1. The molecule has 2 rings (SSSR count). The van der Waals surface area contributed by atoms with Gasteiger partial charge in [-0.25, -0.2) is 0 Å². The van der Waals surface area contributed by atoms with E-state index in [1.807, 2.05) is 0 Å². The van der Waals surface area contributed by atoms with Crippen molar-refractivity contribution in [2.45, 2.75) is 6.92 Å².